The molecule has 0 unspecified atom stereocenters. The lowest BCUT2D eigenvalue weighted by Gasteiger charge is -2.32. The van der Waals surface area contributed by atoms with Crippen molar-refractivity contribution < 1.29 is 13.2 Å². The van der Waals surface area contributed by atoms with E-state index in [1.165, 1.54) is 0 Å². The topological polar surface area (TPSA) is 66.5 Å². The summed E-state index contributed by atoms with van der Waals surface area (Å²) >= 11 is 0. The molecule has 1 aliphatic heterocycles. The zero-order chi connectivity index (χ0) is 17.9. The van der Waals surface area contributed by atoms with E-state index in [1.807, 2.05) is 6.92 Å². The Bertz CT molecular complexity index is 850. The molecule has 0 aromatic heterocycles. The van der Waals surface area contributed by atoms with Crippen LogP contribution in [0.15, 0.2) is 59.5 Å². The largest absolute Gasteiger partial charge is 0.336 e. The third-order valence-electron chi connectivity index (χ3n) is 4.35. The average Bonchev–Trinajstić information content (AvgIpc) is 2.62. The molecule has 2 aromatic rings. The molecule has 2 aromatic carbocycles. The summed E-state index contributed by atoms with van der Waals surface area (Å²) in [5.74, 6) is -0.284. The van der Waals surface area contributed by atoms with E-state index >= 15 is 0 Å². The number of carbonyl (C=O) groups is 1. The van der Waals surface area contributed by atoms with E-state index in [2.05, 4.69) is 5.32 Å². The normalized spacial score (nSPS) is 18.1. The number of amides is 1. The molecule has 1 aliphatic rings. The van der Waals surface area contributed by atoms with Gasteiger partial charge >= 0.3 is 0 Å². The van der Waals surface area contributed by atoms with Gasteiger partial charge in [-0.1, -0.05) is 36.4 Å². The molecular formula is C19H22N2O3S. The number of carbonyl (C=O) groups excluding carboxylic acids is 1. The van der Waals surface area contributed by atoms with Crippen molar-refractivity contribution in [3.63, 3.8) is 0 Å². The maximum Gasteiger partial charge on any atom is 0.254 e. The molecule has 0 saturated carbocycles. The third-order valence-corrected chi connectivity index (χ3v) is 6.03. The first-order chi connectivity index (χ1) is 12.0. The van der Waals surface area contributed by atoms with Gasteiger partial charge in [-0.05, 0) is 30.7 Å². The molecule has 6 heteroatoms. The van der Waals surface area contributed by atoms with Crippen LogP contribution >= 0.6 is 0 Å². The standard InChI is InChI=1S/C19H22N2O3S/c1-15-13-21(12-11-20-15)19(22)18-10-6-5-7-16(18)14-25(23,24)17-8-3-2-4-9-17/h2-10,15,20H,11-14H2,1H3/t15-/m0/s1. The highest BCUT2D eigenvalue weighted by Gasteiger charge is 2.25. The van der Waals surface area contributed by atoms with E-state index in [9.17, 15) is 13.2 Å². The first-order valence-corrected chi connectivity index (χ1v) is 10.0. The van der Waals surface area contributed by atoms with E-state index in [1.54, 1.807) is 59.5 Å². The number of piperazine rings is 1. The Labute approximate surface area is 148 Å². The summed E-state index contributed by atoms with van der Waals surface area (Å²) in [5, 5.41) is 3.30. The lowest BCUT2D eigenvalue weighted by molar-refractivity contribution is 0.0708. The van der Waals surface area contributed by atoms with E-state index in [4.69, 9.17) is 0 Å². The summed E-state index contributed by atoms with van der Waals surface area (Å²) in [6.07, 6.45) is 0. The van der Waals surface area contributed by atoms with Crippen molar-refractivity contribution in [2.24, 2.45) is 0 Å². The molecule has 0 bridgehead atoms. The number of benzene rings is 2. The molecule has 132 valence electrons. The van der Waals surface area contributed by atoms with Crippen molar-refractivity contribution in [1.82, 2.24) is 10.2 Å². The summed E-state index contributed by atoms with van der Waals surface area (Å²) < 4.78 is 25.3. The number of hydrogen-bond donors (Lipinski definition) is 1. The van der Waals surface area contributed by atoms with Crippen molar-refractivity contribution >= 4 is 15.7 Å². The smallest absolute Gasteiger partial charge is 0.254 e. The Morgan fingerprint density at radius 2 is 1.80 bits per heavy atom. The highest BCUT2D eigenvalue weighted by Crippen LogP contribution is 2.20. The molecule has 1 saturated heterocycles. The van der Waals surface area contributed by atoms with Crippen LogP contribution in [0.5, 0.6) is 0 Å². The Kier molecular flexibility index (Phi) is 5.20. The van der Waals surface area contributed by atoms with Crippen LogP contribution in [0.2, 0.25) is 0 Å². The molecule has 1 heterocycles. The predicted molar refractivity (Wildman–Crippen MR) is 97.1 cm³/mol. The molecule has 1 fully saturated rings. The van der Waals surface area contributed by atoms with E-state index in [0.717, 1.165) is 6.54 Å². The summed E-state index contributed by atoms with van der Waals surface area (Å²) in [6, 6.07) is 15.6. The molecular weight excluding hydrogens is 336 g/mol. The van der Waals surface area contributed by atoms with Gasteiger partial charge in [0.25, 0.3) is 5.91 Å². The molecule has 0 aliphatic carbocycles. The fourth-order valence-corrected chi connectivity index (χ4v) is 4.46. The van der Waals surface area contributed by atoms with Crippen LogP contribution in [0.25, 0.3) is 0 Å². The molecule has 25 heavy (non-hydrogen) atoms. The van der Waals surface area contributed by atoms with Crippen molar-refractivity contribution in [3.05, 3.63) is 65.7 Å². The van der Waals surface area contributed by atoms with Crippen LogP contribution in [-0.2, 0) is 15.6 Å². The average molecular weight is 358 g/mol. The molecule has 5 nitrogen and oxygen atoms in total. The zero-order valence-corrected chi connectivity index (χ0v) is 15.0. The van der Waals surface area contributed by atoms with Crippen LogP contribution in [-0.4, -0.2) is 44.9 Å². The first-order valence-electron chi connectivity index (χ1n) is 8.36. The Morgan fingerprint density at radius 3 is 2.52 bits per heavy atom. The van der Waals surface area contributed by atoms with E-state index < -0.39 is 9.84 Å². The minimum Gasteiger partial charge on any atom is -0.336 e. The lowest BCUT2D eigenvalue weighted by Crippen LogP contribution is -2.51. The summed E-state index contributed by atoms with van der Waals surface area (Å²) in [5.41, 5.74) is 1.01. The number of sulfone groups is 1. The molecule has 0 spiro atoms. The highest BCUT2D eigenvalue weighted by molar-refractivity contribution is 7.90. The van der Waals surface area contributed by atoms with Gasteiger partial charge in [0.15, 0.2) is 9.84 Å². The minimum absolute atomic E-state index is 0.104. The third kappa shape index (κ3) is 4.08. The molecule has 1 amide bonds. The molecule has 0 radical (unpaired) electrons. The maximum absolute atomic E-state index is 12.9. The number of nitrogens with one attached hydrogen (secondary N) is 1. The van der Waals surface area contributed by atoms with Gasteiger partial charge in [-0.3, -0.25) is 4.79 Å². The Balaban J connectivity index is 1.87. The molecule has 1 N–H and O–H groups in total. The van der Waals surface area contributed by atoms with Gasteiger partial charge in [0.2, 0.25) is 0 Å². The minimum atomic E-state index is -3.49. The second kappa shape index (κ2) is 7.37. The van der Waals surface area contributed by atoms with E-state index in [-0.39, 0.29) is 22.6 Å². The Morgan fingerprint density at radius 1 is 1.12 bits per heavy atom. The number of hydrogen-bond acceptors (Lipinski definition) is 4. The summed E-state index contributed by atoms with van der Waals surface area (Å²) in [4.78, 5) is 14.9. The fourth-order valence-electron chi connectivity index (χ4n) is 3.06. The van der Waals surface area contributed by atoms with Gasteiger partial charge in [0.05, 0.1) is 10.6 Å². The summed E-state index contributed by atoms with van der Waals surface area (Å²) in [6.45, 7) is 4.03. The number of nitrogens with zero attached hydrogens (tertiary/aromatic N) is 1. The maximum atomic E-state index is 12.9. The molecule has 3 rings (SSSR count). The van der Waals surface area contributed by atoms with Crippen LogP contribution in [0.1, 0.15) is 22.8 Å². The first kappa shape index (κ1) is 17.6. The second-order valence-corrected chi connectivity index (χ2v) is 8.33. The SMILES string of the molecule is C[C@H]1CN(C(=O)c2ccccc2CS(=O)(=O)c2ccccc2)CCN1. The van der Waals surface area contributed by atoms with Crippen LogP contribution in [0.4, 0.5) is 0 Å². The quantitative estimate of drug-likeness (QED) is 0.909. The van der Waals surface area contributed by atoms with Crippen molar-refractivity contribution in [1.29, 1.82) is 0 Å². The second-order valence-electron chi connectivity index (χ2n) is 6.34. The summed E-state index contributed by atoms with van der Waals surface area (Å²) in [7, 11) is -3.49. The molecule has 1 atom stereocenters. The van der Waals surface area contributed by atoms with Gasteiger partial charge in [-0.2, -0.15) is 0 Å². The Hall–Kier alpha value is -2.18. The van der Waals surface area contributed by atoms with Gasteiger partial charge in [-0.25, -0.2) is 8.42 Å². The highest BCUT2D eigenvalue weighted by atomic mass is 32.2. The predicted octanol–water partition coefficient (Wildman–Crippen LogP) is 2.09. The van der Waals surface area contributed by atoms with Crippen LogP contribution < -0.4 is 5.32 Å². The van der Waals surface area contributed by atoms with Crippen molar-refractivity contribution in [2.75, 3.05) is 19.6 Å². The van der Waals surface area contributed by atoms with Gasteiger partial charge in [0, 0.05) is 31.2 Å². The van der Waals surface area contributed by atoms with Crippen LogP contribution in [0, 0.1) is 0 Å². The fraction of sp³-hybridized carbons (Fsp3) is 0.316. The van der Waals surface area contributed by atoms with Crippen molar-refractivity contribution in [3.8, 4) is 0 Å². The zero-order valence-electron chi connectivity index (χ0n) is 14.2. The van der Waals surface area contributed by atoms with Gasteiger partial charge in [-0.15, -0.1) is 0 Å². The van der Waals surface area contributed by atoms with Crippen molar-refractivity contribution in [2.45, 2.75) is 23.6 Å². The monoisotopic (exact) mass is 358 g/mol. The number of rotatable bonds is 4. The van der Waals surface area contributed by atoms with Gasteiger partial charge in [0.1, 0.15) is 0 Å². The van der Waals surface area contributed by atoms with E-state index in [0.29, 0.717) is 24.2 Å². The van der Waals surface area contributed by atoms with Crippen LogP contribution in [0.3, 0.4) is 0 Å². The lowest BCUT2D eigenvalue weighted by atomic mass is 10.1. The van der Waals surface area contributed by atoms with Gasteiger partial charge < -0.3 is 10.2 Å².